The Balaban J connectivity index is 4.65. The molecule has 0 heterocycles. The first-order chi connectivity index (χ1) is 6.02. The van der Waals surface area contributed by atoms with Gasteiger partial charge in [0.2, 0.25) is 0 Å². The number of nitrogens with two attached hydrogens (primary N) is 1. The Kier molecular flexibility index (Phi) is 4.72. The summed E-state index contributed by atoms with van der Waals surface area (Å²) >= 11 is 0. The van der Waals surface area contributed by atoms with E-state index in [1.807, 2.05) is 13.8 Å². The first-order valence-electron chi connectivity index (χ1n) is 4.06. The van der Waals surface area contributed by atoms with Crippen LogP contribution in [0, 0.1) is 0 Å². The third-order valence-electron chi connectivity index (χ3n) is 1.62. The number of aliphatic carboxylic acids is 1. The molecular weight excluding hydrogens is 170 g/mol. The lowest BCUT2D eigenvalue weighted by molar-refractivity contribution is -0.129. The van der Waals surface area contributed by atoms with Crippen molar-refractivity contribution in [1.82, 2.24) is 0 Å². The van der Waals surface area contributed by atoms with E-state index in [-0.39, 0.29) is 17.6 Å². The molecule has 5 heteroatoms. The topological polar surface area (TPSA) is 88.0 Å². The molecular formula is C8H15N3O2. The molecule has 5 nitrogen and oxygen atoms in total. The van der Waals surface area contributed by atoms with E-state index in [0.29, 0.717) is 0 Å². The van der Waals surface area contributed by atoms with E-state index in [2.05, 4.69) is 9.98 Å². The maximum absolute atomic E-state index is 10.6. The first kappa shape index (κ1) is 11.6. The molecule has 3 N–H and O–H groups in total. The predicted octanol–water partition coefficient (Wildman–Crippen LogP) is 0.297. The second-order valence-corrected chi connectivity index (χ2v) is 2.65. The van der Waals surface area contributed by atoms with Gasteiger partial charge in [0.1, 0.15) is 0 Å². The van der Waals surface area contributed by atoms with Gasteiger partial charge in [-0.15, -0.1) is 0 Å². The minimum atomic E-state index is -1.15. The van der Waals surface area contributed by atoms with Crippen LogP contribution in [0.3, 0.4) is 0 Å². The average Bonchev–Trinajstić information content (AvgIpc) is 2.04. The van der Waals surface area contributed by atoms with Crippen molar-refractivity contribution >= 4 is 17.5 Å². The summed E-state index contributed by atoms with van der Waals surface area (Å²) < 4.78 is 0. The van der Waals surface area contributed by atoms with Gasteiger partial charge >= 0.3 is 5.97 Å². The number of aliphatic imine (C=N–C) groups is 2. The fraction of sp³-hybridized carbons (Fsp3) is 0.625. The minimum Gasteiger partial charge on any atom is -0.476 e. The van der Waals surface area contributed by atoms with Gasteiger partial charge in [-0.2, -0.15) is 0 Å². The monoisotopic (exact) mass is 185 g/mol. The Hall–Kier alpha value is -1.39. The summed E-state index contributed by atoms with van der Waals surface area (Å²) in [6.45, 7) is 3.81. The highest BCUT2D eigenvalue weighted by molar-refractivity contribution is 6.64. The summed E-state index contributed by atoms with van der Waals surface area (Å²) in [5.74, 6) is -1.16. The molecule has 0 amide bonds. The van der Waals surface area contributed by atoms with E-state index in [9.17, 15) is 4.79 Å². The van der Waals surface area contributed by atoms with Crippen LogP contribution in [0.5, 0.6) is 0 Å². The van der Waals surface area contributed by atoms with Crippen molar-refractivity contribution in [2.45, 2.75) is 26.3 Å². The van der Waals surface area contributed by atoms with Crippen LogP contribution >= 0.6 is 0 Å². The van der Waals surface area contributed by atoms with Gasteiger partial charge in [0.15, 0.2) is 11.5 Å². The molecule has 74 valence electrons. The maximum Gasteiger partial charge on any atom is 0.357 e. The summed E-state index contributed by atoms with van der Waals surface area (Å²) in [5, 5.41) is 8.64. The normalized spacial score (nSPS) is 15.6. The van der Waals surface area contributed by atoms with Gasteiger partial charge in [0.25, 0.3) is 0 Å². The molecule has 0 spiro atoms. The van der Waals surface area contributed by atoms with Gasteiger partial charge in [0, 0.05) is 13.1 Å². The molecule has 1 atom stereocenters. The highest BCUT2D eigenvalue weighted by Crippen LogP contribution is 1.95. The zero-order valence-corrected chi connectivity index (χ0v) is 8.11. The van der Waals surface area contributed by atoms with Gasteiger partial charge in [-0.1, -0.05) is 6.92 Å². The molecule has 0 radical (unpaired) electrons. The van der Waals surface area contributed by atoms with E-state index in [1.165, 1.54) is 7.05 Å². The minimum absolute atomic E-state index is 0.00986. The molecule has 0 rings (SSSR count). The second kappa shape index (κ2) is 5.29. The number of rotatable bonds is 4. The molecule has 0 aliphatic carbocycles. The van der Waals surface area contributed by atoms with Crippen LogP contribution < -0.4 is 5.73 Å². The van der Waals surface area contributed by atoms with Crippen LogP contribution in [-0.4, -0.2) is 35.7 Å². The zero-order valence-electron chi connectivity index (χ0n) is 8.11. The first-order valence-corrected chi connectivity index (χ1v) is 4.06. The Morgan fingerprint density at radius 1 is 1.62 bits per heavy atom. The molecule has 0 saturated carbocycles. The number of hydrogen-bond acceptors (Lipinski definition) is 3. The molecule has 0 aliphatic rings. The Bertz CT molecular complexity index is 246. The number of carbonyl (C=O) groups is 1. The third-order valence-corrected chi connectivity index (χ3v) is 1.62. The third kappa shape index (κ3) is 3.68. The van der Waals surface area contributed by atoms with Crippen LogP contribution in [0.2, 0.25) is 0 Å². The highest BCUT2D eigenvalue weighted by atomic mass is 16.4. The number of hydrogen-bond donors (Lipinski definition) is 2. The van der Waals surface area contributed by atoms with Crippen molar-refractivity contribution in [3.8, 4) is 0 Å². The second-order valence-electron chi connectivity index (χ2n) is 2.65. The summed E-state index contributed by atoms with van der Waals surface area (Å²) in [6, 6.07) is 0.0242. The van der Waals surface area contributed by atoms with Crippen LogP contribution in [-0.2, 0) is 4.79 Å². The van der Waals surface area contributed by atoms with E-state index in [0.717, 1.165) is 6.42 Å². The molecule has 0 aliphatic heterocycles. The van der Waals surface area contributed by atoms with Crippen molar-refractivity contribution in [1.29, 1.82) is 0 Å². The number of nitrogens with zero attached hydrogens (tertiary/aromatic N) is 2. The Morgan fingerprint density at radius 2 is 2.15 bits per heavy atom. The van der Waals surface area contributed by atoms with Gasteiger partial charge in [-0.25, -0.2) is 4.79 Å². The fourth-order valence-electron chi connectivity index (χ4n) is 0.710. The van der Waals surface area contributed by atoms with E-state index in [4.69, 9.17) is 10.8 Å². The molecule has 0 saturated heterocycles. The zero-order chi connectivity index (χ0) is 10.4. The Morgan fingerprint density at radius 3 is 2.46 bits per heavy atom. The molecule has 1 unspecified atom stereocenters. The predicted molar refractivity (Wildman–Crippen MR) is 52.4 cm³/mol. The van der Waals surface area contributed by atoms with Gasteiger partial charge in [-0.3, -0.25) is 9.98 Å². The van der Waals surface area contributed by atoms with E-state index in [1.54, 1.807) is 0 Å². The summed E-state index contributed by atoms with van der Waals surface area (Å²) in [6.07, 6.45) is 0.817. The van der Waals surface area contributed by atoms with Crippen LogP contribution in [0.25, 0.3) is 0 Å². The molecule has 13 heavy (non-hydrogen) atoms. The maximum atomic E-state index is 10.6. The van der Waals surface area contributed by atoms with E-state index < -0.39 is 5.97 Å². The lowest BCUT2D eigenvalue weighted by Crippen LogP contribution is -2.32. The molecule has 0 fully saturated rings. The summed E-state index contributed by atoms with van der Waals surface area (Å²) in [7, 11) is 1.38. The Labute approximate surface area is 77.4 Å². The smallest absolute Gasteiger partial charge is 0.357 e. The summed E-state index contributed by atoms with van der Waals surface area (Å²) in [5.41, 5.74) is 5.26. The number of carboxylic acid groups (broad SMARTS) is 1. The molecule has 0 bridgehead atoms. The van der Waals surface area contributed by atoms with Gasteiger partial charge < -0.3 is 10.8 Å². The molecule has 0 aromatic carbocycles. The lowest BCUT2D eigenvalue weighted by Gasteiger charge is -2.04. The van der Waals surface area contributed by atoms with Gasteiger partial charge in [-0.05, 0) is 13.3 Å². The lowest BCUT2D eigenvalue weighted by atomic mass is 10.2. The quantitative estimate of drug-likeness (QED) is 0.487. The van der Waals surface area contributed by atoms with Crippen molar-refractivity contribution in [2.75, 3.05) is 7.05 Å². The standard InChI is InChI=1S/C8H15N3O2/c1-4-5(2)11-7(9)6(10-3)8(12)13/h5H,4H2,1-3H3,(H2,9,11)(H,12,13). The van der Waals surface area contributed by atoms with Crippen molar-refractivity contribution < 1.29 is 9.90 Å². The molecule has 0 aromatic heterocycles. The van der Waals surface area contributed by atoms with Crippen molar-refractivity contribution in [3.05, 3.63) is 0 Å². The van der Waals surface area contributed by atoms with Crippen molar-refractivity contribution in [2.24, 2.45) is 15.7 Å². The van der Waals surface area contributed by atoms with Crippen LogP contribution in [0.15, 0.2) is 9.98 Å². The van der Waals surface area contributed by atoms with Crippen LogP contribution in [0.1, 0.15) is 20.3 Å². The highest BCUT2D eigenvalue weighted by Gasteiger charge is 2.13. The van der Waals surface area contributed by atoms with Crippen molar-refractivity contribution in [3.63, 3.8) is 0 Å². The van der Waals surface area contributed by atoms with E-state index >= 15 is 0 Å². The largest absolute Gasteiger partial charge is 0.476 e. The summed E-state index contributed by atoms with van der Waals surface area (Å²) in [4.78, 5) is 18.1. The number of carboxylic acids is 1. The average molecular weight is 185 g/mol. The van der Waals surface area contributed by atoms with Gasteiger partial charge in [0.05, 0.1) is 0 Å². The fourth-order valence-corrected chi connectivity index (χ4v) is 0.710. The molecule has 0 aromatic rings. The SMILES string of the molecule is CCC(C)N=C(N)C(=NC)C(=O)O. The number of amidine groups is 1. The van der Waals surface area contributed by atoms with Crippen LogP contribution in [0.4, 0.5) is 0 Å².